The predicted molar refractivity (Wildman–Crippen MR) is 105 cm³/mol. The van der Waals surface area contributed by atoms with Gasteiger partial charge in [-0.3, -0.25) is 14.6 Å². The van der Waals surface area contributed by atoms with E-state index in [0.29, 0.717) is 37.4 Å². The third-order valence-corrected chi connectivity index (χ3v) is 5.05. The van der Waals surface area contributed by atoms with Crippen molar-refractivity contribution < 1.29 is 19.1 Å². The Kier molecular flexibility index (Phi) is 5.63. The van der Waals surface area contributed by atoms with Crippen molar-refractivity contribution >= 4 is 28.7 Å². The Labute approximate surface area is 164 Å². The number of esters is 1. The van der Waals surface area contributed by atoms with Crippen LogP contribution in [0.3, 0.4) is 0 Å². The lowest BCUT2D eigenvalue weighted by molar-refractivity contribution is -0.144. The number of ether oxygens (including phenoxy) is 1. The van der Waals surface area contributed by atoms with E-state index in [4.69, 9.17) is 4.74 Å². The molecule has 0 aliphatic carbocycles. The maximum Gasteiger partial charge on any atom is 0.340 e. The second-order valence-electron chi connectivity index (χ2n) is 7.20. The van der Waals surface area contributed by atoms with Gasteiger partial charge in [-0.2, -0.15) is 0 Å². The van der Waals surface area contributed by atoms with Crippen molar-refractivity contribution in [3.8, 4) is 0 Å². The number of aryl methyl sites for hydroxylation is 2. The Morgan fingerprint density at radius 2 is 1.68 bits per heavy atom. The highest BCUT2D eigenvalue weighted by Gasteiger charge is 2.28. The molecule has 3 rings (SSSR count). The second-order valence-corrected chi connectivity index (χ2v) is 7.20. The third kappa shape index (κ3) is 4.13. The Balaban J connectivity index is 1.68. The molecule has 7 nitrogen and oxygen atoms in total. The maximum atomic E-state index is 12.6. The Hall–Kier alpha value is -2.96. The number of fused-ring (bicyclic) bond motifs is 1. The second kappa shape index (κ2) is 7.96. The summed E-state index contributed by atoms with van der Waals surface area (Å²) < 4.78 is 5.44. The number of aromatic nitrogens is 1. The van der Waals surface area contributed by atoms with Gasteiger partial charge in [0.25, 0.3) is 5.91 Å². The van der Waals surface area contributed by atoms with Crippen molar-refractivity contribution in [3.63, 3.8) is 0 Å². The van der Waals surface area contributed by atoms with Crippen LogP contribution in [0.1, 0.15) is 35.5 Å². The maximum absolute atomic E-state index is 12.6. The highest BCUT2D eigenvalue weighted by atomic mass is 16.5. The lowest BCUT2D eigenvalue weighted by atomic mass is 10.1. The third-order valence-electron chi connectivity index (χ3n) is 5.05. The molecule has 0 radical (unpaired) electrons. The van der Waals surface area contributed by atoms with E-state index in [1.165, 1.54) is 6.92 Å². The summed E-state index contributed by atoms with van der Waals surface area (Å²) in [7, 11) is 0. The molecule has 7 heteroatoms. The number of nitrogens with zero attached hydrogens (tertiary/aromatic N) is 3. The lowest BCUT2D eigenvalue weighted by Crippen LogP contribution is -2.52. The van der Waals surface area contributed by atoms with E-state index in [-0.39, 0.29) is 11.8 Å². The number of hydrogen-bond donors (Lipinski definition) is 0. The molecule has 2 aromatic rings. The fourth-order valence-corrected chi connectivity index (χ4v) is 3.37. The van der Waals surface area contributed by atoms with Crippen LogP contribution < -0.4 is 0 Å². The number of benzene rings is 1. The summed E-state index contributed by atoms with van der Waals surface area (Å²) in [4.78, 5) is 44.5. The van der Waals surface area contributed by atoms with Crippen LogP contribution in [-0.2, 0) is 14.3 Å². The zero-order valence-electron chi connectivity index (χ0n) is 16.7. The van der Waals surface area contributed by atoms with Gasteiger partial charge in [-0.1, -0.05) is 11.6 Å². The summed E-state index contributed by atoms with van der Waals surface area (Å²) in [6, 6.07) is 7.61. The van der Waals surface area contributed by atoms with Gasteiger partial charge in [-0.05, 0) is 39.0 Å². The van der Waals surface area contributed by atoms with Crippen molar-refractivity contribution in [2.75, 3.05) is 26.2 Å². The molecular formula is C21H25N3O4. The molecule has 1 fully saturated rings. The van der Waals surface area contributed by atoms with Gasteiger partial charge in [0.2, 0.25) is 5.91 Å². The smallest absolute Gasteiger partial charge is 0.340 e. The molecule has 2 heterocycles. The molecule has 1 aliphatic heterocycles. The minimum atomic E-state index is -0.899. The first-order valence-corrected chi connectivity index (χ1v) is 9.39. The van der Waals surface area contributed by atoms with E-state index >= 15 is 0 Å². The van der Waals surface area contributed by atoms with Crippen LogP contribution in [0.15, 0.2) is 24.3 Å². The molecule has 1 aromatic carbocycles. The van der Waals surface area contributed by atoms with Gasteiger partial charge in [0.15, 0.2) is 6.10 Å². The Bertz CT molecular complexity index is 933. The van der Waals surface area contributed by atoms with Gasteiger partial charge < -0.3 is 14.5 Å². The van der Waals surface area contributed by atoms with E-state index in [2.05, 4.69) is 4.98 Å². The van der Waals surface area contributed by atoms with Crippen molar-refractivity contribution in [1.82, 2.24) is 14.8 Å². The van der Waals surface area contributed by atoms with E-state index in [0.717, 1.165) is 16.5 Å². The number of carbonyl (C=O) groups excluding carboxylic acids is 3. The number of carbonyl (C=O) groups is 3. The van der Waals surface area contributed by atoms with E-state index in [1.54, 1.807) is 29.7 Å². The molecule has 0 saturated carbocycles. The van der Waals surface area contributed by atoms with E-state index in [9.17, 15) is 14.4 Å². The van der Waals surface area contributed by atoms with Crippen molar-refractivity contribution in [2.45, 2.75) is 33.8 Å². The standard InChI is InChI=1S/C21H25N3O4/c1-13-5-6-19-17(11-13)12-18(14(2)22-19)21(27)28-15(3)20(26)24-9-7-23(8-10-24)16(4)25/h5-6,11-12,15H,7-10H2,1-4H3. The quantitative estimate of drug-likeness (QED) is 0.758. The molecule has 1 aromatic heterocycles. The predicted octanol–water partition coefficient (Wildman–Crippen LogP) is 2.09. The Morgan fingerprint density at radius 3 is 2.32 bits per heavy atom. The normalized spacial score (nSPS) is 15.4. The first-order chi connectivity index (χ1) is 13.3. The van der Waals surface area contributed by atoms with Crippen LogP contribution in [0.25, 0.3) is 10.9 Å². The lowest BCUT2D eigenvalue weighted by Gasteiger charge is -2.35. The van der Waals surface area contributed by atoms with Gasteiger partial charge in [-0.25, -0.2) is 4.79 Å². The molecule has 1 saturated heterocycles. The summed E-state index contributed by atoms with van der Waals surface area (Å²) in [5, 5.41) is 0.858. The molecule has 0 bridgehead atoms. The summed E-state index contributed by atoms with van der Waals surface area (Å²) in [6.07, 6.45) is -0.899. The molecule has 1 aliphatic rings. The Morgan fingerprint density at radius 1 is 1.04 bits per heavy atom. The van der Waals surface area contributed by atoms with Crippen molar-refractivity contribution in [1.29, 1.82) is 0 Å². The molecule has 0 N–H and O–H groups in total. The SMILES string of the molecule is CC(=O)N1CCN(C(=O)C(C)OC(=O)c2cc3cc(C)ccc3nc2C)CC1. The summed E-state index contributed by atoms with van der Waals surface area (Å²) in [5.41, 5.74) is 2.81. The van der Waals surface area contributed by atoms with E-state index < -0.39 is 12.1 Å². The van der Waals surface area contributed by atoms with Gasteiger partial charge in [0, 0.05) is 38.5 Å². The van der Waals surface area contributed by atoms with Gasteiger partial charge >= 0.3 is 5.97 Å². The van der Waals surface area contributed by atoms with Crippen LogP contribution in [0.4, 0.5) is 0 Å². The number of amides is 2. The zero-order chi connectivity index (χ0) is 20.4. The molecule has 1 atom stereocenters. The highest BCUT2D eigenvalue weighted by Crippen LogP contribution is 2.19. The van der Waals surface area contributed by atoms with Crippen LogP contribution in [0.2, 0.25) is 0 Å². The van der Waals surface area contributed by atoms with Gasteiger partial charge in [0.1, 0.15) is 0 Å². The first-order valence-electron chi connectivity index (χ1n) is 9.39. The molecule has 148 valence electrons. The average Bonchev–Trinajstić information content (AvgIpc) is 2.67. The van der Waals surface area contributed by atoms with Crippen molar-refractivity contribution in [2.24, 2.45) is 0 Å². The number of piperazine rings is 1. The topological polar surface area (TPSA) is 79.8 Å². The van der Waals surface area contributed by atoms with Crippen LogP contribution in [-0.4, -0.2) is 64.9 Å². The fourth-order valence-electron chi connectivity index (χ4n) is 3.37. The number of pyridine rings is 1. The highest BCUT2D eigenvalue weighted by molar-refractivity contribution is 5.96. The van der Waals surface area contributed by atoms with Crippen LogP contribution >= 0.6 is 0 Å². The van der Waals surface area contributed by atoms with Crippen LogP contribution in [0, 0.1) is 13.8 Å². The van der Waals surface area contributed by atoms with Gasteiger partial charge in [-0.15, -0.1) is 0 Å². The monoisotopic (exact) mass is 383 g/mol. The number of hydrogen-bond acceptors (Lipinski definition) is 5. The van der Waals surface area contributed by atoms with Gasteiger partial charge in [0.05, 0.1) is 16.8 Å². The van der Waals surface area contributed by atoms with E-state index in [1.807, 2.05) is 25.1 Å². The molecule has 2 amide bonds. The summed E-state index contributed by atoms with van der Waals surface area (Å²) in [6.45, 7) is 8.69. The zero-order valence-corrected chi connectivity index (χ0v) is 16.7. The molecule has 1 unspecified atom stereocenters. The van der Waals surface area contributed by atoms with Crippen molar-refractivity contribution in [3.05, 3.63) is 41.1 Å². The number of rotatable bonds is 3. The molecule has 0 spiro atoms. The van der Waals surface area contributed by atoms with Crippen LogP contribution in [0.5, 0.6) is 0 Å². The largest absolute Gasteiger partial charge is 0.449 e. The fraction of sp³-hybridized carbons (Fsp3) is 0.429. The first kappa shape index (κ1) is 19.8. The summed E-state index contributed by atoms with van der Waals surface area (Å²) in [5.74, 6) is -0.809. The average molecular weight is 383 g/mol. The molecule has 28 heavy (non-hydrogen) atoms. The minimum absolute atomic E-state index is 0.00101. The minimum Gasteiger partial charge on any atom is -0.449 e. The molecular weight excluding hydrogens is 358 g/mol. The summed E-state index contributed by atoms with van der Waals surface area (Å²) >= 11 is 0.